The molecule has 0 aliphatic heterocycles. The van der Waals surface area contributed by atoms with Crippen LogP contribution in [-0.2, 0) is 40.2 Å². The molecule has 0 spiro atoms. The Kier molecular flexibility index (Phi) is 20.7. The number of carboxylic acid groups (broad SMARTS) is 4. The first kappa shape index (κ1) is 35.6. The van der Waals surface area contributed by atoms with Gasteiger partial charge in [0.2, 0.25) is 0 Å². The molecule has 4 saturated carbocycles. The molecule has 210 valence electrons. The Morgan fingerprint density at radius 2 is 0.514 bits per heavy atom. The third-order valence-corrected chi connectivity index (χ3v) is 7.72. The third kappa shape index (κ3) is 20.2. The van der Waals surface area contributed by atoms with Gasteiger partial charge in [0.05, 0.1) is 0 Å². The molecular formula is C28H44MoO8. The van der Waals surface area contributed by atoms with Gasteiger partial charge in [0.25, 0.3) is 0 Å². The van der Waals surface area contributed by atoms with Crippen LogP contribution in [0.15, 0.2) is 0 Å². The normalized spacial score (nSPS) is 19.9. The Labute approximate surface area is 236 Å². The van der Waals surface area contributed by atoms with Gasteiger partial charge in [0.15, 0.2) is 0 Å². The van der Waals surface area contributed by atoms with Gasteiger partial charge >= 0.3 is 21.1 Å². The van der Waals surface area contributed by atoms with E-state index in [9.17, 15) is 39.6 Å². The second-order valence-electron chi connectivity index (χ2n) is 10.9. The monoisotopic (exact) mass is 606 g/mol. The first-order valence-electron chi connectivity index (χ1n) is 13.9. The Morgan fingerprint density at radius 1 is 0.378 bits per heavy atom. The fraction of sp³-hybridized carbons (Fsp3) is 0.857. The van der Waals surface area contributed by atoms with E-state index in [-0.39, 0.29) is 46.7 Å². The second kappa shape index (κ2) is 21.5. The van der Waals surface area contributed by atoms with Gasteiger partial charge in [-0.3, -0.25) is 0 Å². The maximum absolute atomic E-state index is 10.0. The van der Waals surface area contributed by atoms with E-state index in [1.165, 1.54) is 51.4 Å². The quantitative estimate of drug-likeness (QED) is 0.374. The van der Waals surface area contributed by atoms with E-state index in [1.54, 1.807) is 0 Å². The molecule has 37 heavy (non-hydrogen) atoms. The molecule has 8 nitrogen and oxygen atoms in total. The van der Waals surface area contributed by atoms with Crippen molar-refractivity contribution in [3.05, 3.63) is 0 Å². The van der Waals surface area contributed by atoms with Crippen molar-refractivity contribution in [1.82, 2.24) is 0 Å². The minimum atomic E-state index is -0.887. The van der Waals surface area contributed by atoms with Gasteiger partial charge in [0, 0.05) is 23.9 Å². The molecule has 4 aliphatic carbocycles. The van der Waals surface area contributed by atoms with Crippen LogP contribution in [-0.4, -0.2) is 23.9 Å². The average Bonchev–Trinajstić information content (AvgIpc) is 3.58. The van der Waals surface area contributed by atoms with E-state index in [2.05, 4.69) is 0 Å². The van der Waals surface area contributed by atoms with Crippen LogP contribution in [0, 0.1) is 23.7 Å². The molecule has 0 saturated heterocycles. The maximum atomic E-state index is 10.0. The standard InChI is InChI=1S/4C7H12O2.Mo/c4*8-7(9)5-6-3-1-2-4-6;/h4*6H,1-5H2,(H,8,9);/q;;;;+4/p-4. The maximum Gasteiger partial charge on any atom is 4.00 e. The molecule has 0 N–H and O–H groups in total. The Bertz CT molecular complexity index is 533. The number of hydrogen-bond acceptors (Lipinski definition) is 8. The van der Waals surface area contributed by atoms with Crippen LogP contribution < -0.4 is 20.4 Å². The molecule has 0 heterocycles. The van der Waals surface area contributed by atoms with Crippen LogP contribution in [0.5, 0.6) is 0 Å². The van der Waals surface area contributed by atoms with Crippen molar-refractivity contribution in [1.29, 1.82) is 0 Å². The van der Waals surface area contributed by atoms with Gasteiger partial charge in [-0.25, -0.2) is 0 Å². The Morgan fingerprint density at radius 3 is 0.622 bits per heavy atom. The zero-order valence-corrected chi connectivity index (χ0v) is 24.1. The molecule has 0 aromatic heterocycles. The van der Waals surface area contributed by atoms with Crippen molar-refractivity contribution >= 4 is 23.9 Å². The topological polar surface area (TPSA) is 161 Å². The summed E-state index contributed by atoms with van der Waals surface area (Å²) in [5.74, 6) is -1.84. The number of carbonyl (C=O) groups is 4. The average molecular weight is 605 g/mol. The molecule has 0 amide bonds. The number of aliphatic carboxylic acids is 4. The zero-order chi connectivity index (χ0) is 26.8. The summed E-state index contributed by atoms with van der Waals surface area (Å²) in [5.41, 5.74) is 0. The number of rotatable bonds is 8. The predicted octanol–water partition coefficient (Wildman–Crippen LogP) is 1.26. The molecule has 9 heteroatoms. The summed E-state index contributed by atoms with van der Waals surface area (Å²) in [6.07, 6.45) is 19.5. The van der Waals surface area contributed by atoms with E-state index >= 15 is 0 Å². The summed E-state index contributed by atoms with van der Waals surface area (Å²) in [5, 5.41) is 40.2. The van der Waals surface area contributed by atoms with Crippen molar-refractivity contribution in [2.45, 2.75) is 128 Å². The largest absolute Gasteiger partial charge is 4.00 e. The van der Waals surface area contributed by atoms with Crippen molar-refractivity contribution in [2.24, 2.45) is 23.7 Å². The van der Waals surface area contributed by atoms with Gasteiger partial charge < -0.3 is 39.6 Å². The molecule has 4 fully saturated rings. The smallest absolute Gasteiger partial charge is 0.550 e. The first-order chi connectivity index (χ1) is 17.2. The van der Waals surface area contributed by atoms with Gasteiger partial charge in [-0.2, -0.15) is 0 Å². The zero-order valence-electron chi connectivity index (χ0n) is 22.1. The molecular weight excluding hydrogens is 560 g/mol. The molecule has 0 aromatic rings. The minimum Gasteiger partial charge on any atom is -0.550 e. The van der Waals surface area contributed by atoms with Crippen LogP contribution in [0.1, 0.15) is 128 Å². The van der Waals surface area contributed by atoms with Crippen LogP contribution in [0.25, 0.3) is 0 Å². The molecule has 0 radical (unpaired) electrons. The second-order valence-corrected chi connectivity index (χ2v) is 10.9. The van der Waals surface area contributed by atoms with E-state index in [1.807, 2.05) is 0 Å². The molecule has 0 atom stereocenters. The summed E-state index contributed by atoms with van der Waals surface area (Å²) in [7, 11) is 0. The molecule has 4 rings (SSSR count). The van der Waals surface area contributed by atoms with Gasteiger partial charge in [0.1, 0.15) is 0 Å². The minimum absolute atomic E-state index is 0. The summed E-state index contributed by atoms with van der Waals surface area (Å²) in [6, 6.07) is 0. The third-order valence-electron chi connectivity index (χ3n) is 7.72. The Hall–Kier alpha value is -1.43. The summed E-state index contributed by atoms with van der Waals surface area (Å²) in [6.45, 7) is 0. The number of carbonyl (C=O) groups excluding carboxylic acids is 4. The van der Waals surface area contributed by atoms with Crippen LogP contribution in [0.4, 0.5) is 0 Å². The Balaban J connectivity index is 0.000000463. The fourth-order valence-electron chi connectivity index (χ4n) is 5.80. The summed E-state index contributed by atoms with van der Waals surface area (Å²) >= 11 is 0. The summed E-state index contributed by atoms with van der Waals surface area (Å²) in [4.78, 5) is 40.2. The van der Waals surface area contributed by atoms with Crippen molar-refractivity contribution in [3.8, 4) is 0 Å². The molecule has 0 aromatic carbocycles. The van der Waals surface area contributed by atoms with Crippen LogP contribution in [0.2, 0.25) is 0 Å². The van der Waals surface area contributed by atoms with Crippen molar-refractivity contribution in [3.63, 3.8) is 0 Å². The first-order valence-corrected chi connectivity index (χ1v) is 13.9. The number of hydrogen-bond donors (Lipinski definition) is 0. The van der Waals surface area contributed by atoms with Crippen molar-refractivity contribution < 1.29 is 60.7 Å². The van der Waals surface area contributed by atoms with E-state index in [4.69, 9.17) is 0 Å². The molecule has 0 unspecified atom stereocenters. The van der Waals surface area contributed by atoms with E-state index < -0.39 is 23.9 Å². The van der Waals surface area contributed by atoms with E-state index in [0.29, 0.717) is 23.7 Å². The van der Waals surface area contributed by atoms with Crippen LogP contribution >= 0.6 is 0 Å². The van der Waals surface area contributed by atoms with Crippen LogP contribution in [0.3, 0.4) is 0 Å². The fourth-order valence-corrected chi connectivity index (χ4v) is 5.80. The van der Waals surface area contributed by atoms with E-state index in [0.717, 1.165) is 51.4 Å². The molecule has 0 bridgehead atoms. The van der Waals surface area contributed by atoms with Gasteiger partial charge in [-0.1, -0.05) is 103 Å². The van der Waals surface area contributed by atoms with Gasteiger partial charge in [-0.05, 0) is 49.4 Å². The SMILES string of the molecule is O=C([O-])CC1CCCC1.O=C([O-])CC1CCCC1.O=C([O-])CC1CCCC1.O=C([O-])CC1CCCC1.[Mo+4]. The van der Waals surface area contributed by atoms with Crippen molar-refractivity contribution in [2.75, 3.05) is 0 Å². The number of carboxylic acids is 4. The van der Waals surface area contributed by atoms with Gasteiger partial charge in [-0.15, -0.1) is 0 Å². The molecule has 4 aliphatic rings. The summed E-state index contributed by atoms with van der Waals surface area (Å²) < 4.78 is 0. The predicted molar refractivity (Wildman–Crippen MR) is 126 cm³/mol.